The Hall–Kier alpha value is -0.840. The molecule has 0 unspecified atom stereocenters. The zero-order valence-corrected chi connectivity index (χ0v) is 10.6. The standard InChI is InChI=1S/C12H12BrF3O/c13-10-6-3-5-9(8-10)4-1-2-7-11(17)12(14,15)16/h3,5-6,8H,1-2,4,7H2. The molecular weight excluding hydrogens is 297 g/mol. The first-order chi connectivity index (χ1) is 7.89. The molecule has 0 bridgehead atoms. The summed E-state index contributed by atoms with van der Waals surface area (Å²) in [6, 6.07) is 7.60. The SMILES string of the molecule is O=C(CCCCc1cccc(Br)c1)C(F)(F)F. The molecule has 5 heteroatoms. The predicted molar refractivity (Wildman–Crippen MR) is 62.8 cm³/mol. The van der Waals surface area contributed by atoms with Crippen molar-refractivity contribution in [2.75, 3.05) is 0 Å². The van der Waals surface area contributed by atoms with Crippen LogP contribution in [0.4, 0.5) is 13.2 Å². The summed E-state index contributed by atoms with van der Waals surface area (Å²) in [4.78, 5) is 10.6. The first-order valence-electron chi connectivity index (χ1n) is 5.24. The molecule has 0 aliphatic carbocycles. The minimum atomic E-state index is -4.68. The quantitative estimate of drug-likeness (QED) is 0.741. The molecule has 0 heterocycles. The Labute approximate surface area is 106 Å². The van der Waals surface area contributed by atoms with E-state index in [4.69, 9.17) is 0 Å². The summed E-state index contributed by atoms with van der Waals surface area (Å²) in [7, 11) is 0. The summed E-state index contributed by atoms with van der Waals surface area (Å²) in [6.07, 6.45) is -3.57. The van der Waals surface area contributed by atoms with E-state index >= 15 is 0 Å². The first kappa shape index (κ1) is 14.2. The number of halogens is 4. The van der Waals surface area contributed by atoms with E-state index in [0.29, 0.717) is 12.8 Å². The average Bonchev–Trinajstić information content (AvgIpc) is 2.23. The largest absolute Gasteiger partial charge is 0.449 e. The Balaban J connectivity index is 2.28. The van der Waals surface area contributed by atoms with Crippen LogP contribution in [0.3, 0.4) is 0 Å². The van der Waals surface area contributed by atoms with Crippen molar-refractivity contribution in [1.29, 1.82) is 0 Å². The third kappa shape index (κ3) is 5.35. The number of unbranched alkanes of at least 4 members (excludes halogenated alkanes) is 1. The van der Waals surface area contributed by atoms with Crippen molar-refractivity contribution in [3.63, 3.8) is 0 Å². The summed E-state index contributed by atoms with van der Waals surface area (Å²) in [5.74, 6) is -1.63. The fraction of sp³-hybridized carbons (Fsp3) is 0.417. The number of benzene rings is 1. The van der Waals surface area contributed by atoms with Crippen LogP contribution >= 0.6 is 15.9 Å². The van der Waals surface area contributed by atoms with Gasteiger partial charge in [-0.25, -0.2) is 0 Å². The maximum atomic E-state index is 11.9. The molecule has 0 aliphatic heterocycles. The lowest BCUT2D eigenvalue weighted by Crippen LogP contribution is -2.22. The molecular formula is C12H12BrF3O. The molecule has 0 atom stereocenters. The molecule has 0 fully saturated rings. The van der Waals surface area contributed by atoms with E-state index in [1.807, 2.05) is 24.3 Å². The van der Waals surface area contributed by atoms with Crippen LogP contribution in [-0.4, -0.2) is 12.0 Å². The topological polar surface area (TPSA) is 17.1 Å². The van der Waals surface area contributed by atoms with Crippen LogP contribution < -0.4 is 0 Å². The van der Waals surface area contributed by atoms with E-state index in [1.165, 1.54) is 0 Å². The van der Waals surface area contributed by atoms with Crippen LogP contribution in [0.5, 0.6) is 0 Å². The fourth-order valence-electron chi connectivity index (χ4n) is 1.45. The Morgan fingerprint density at radius 2 is 1.94 bits per heavy atom. The van der Waals surface area contributed by atoms with Crippen LogP contribution in [0.25, 0.3) is 0 Å². The van der Waals surface area contributed by atoms with E-state index in [2.05, 4.69) is 15.9 Å². The van der Waals surface area contributed by atoms with E-state index in [0.717, 1.165) is 10.0 Å². The molecule has 94 valence electrons. The summed E-state index contributed by atoms with van der Waals surface area (Å²) >= 11 is 3.32. The number of rotatable bonds is 5. The van der Waals surface area contributed by atoms with E-state index in [9.17, 15) is 18.0 Å². The Morgan fingerprint density at radius 3 is 2.53 bits per heavy atom. The Morgan fingerprint density at radius 1 is 1.24 bits per heavy atom. The van der Waals surface area contributed by atoms with E-state index in [-0.39, 0.29) is 6.42 Å². The maximum absolute atomic E-state index is 11.9. The molecule has 0 spiro atoms. The van der Waals surface area contributed by atoms with Gasteiger partial charge in [0.1, 0.15) is 0 Å². The minimum absolute atomic E-state index is 0.269. The van der Waals surface area contributed by atoms with Gasteiger partial charge in [0.25, 0.3) is 0 Å². The van der Waals surface area contributed by atoms with Gasteiger partial charge in [-0.3, -0.25) is 4.79 Å². The van der Waals surface area contributed by atoms with Crippen LogP contribution in [0, 0.1) is 0 Å². The summed E-state index contributed by atoms with van der Waals surface area (Å²) in [6.45, 7) is 0. The molecule has 0 aromatic heterocycles. The zero-order chi connectivity index (χ0) is 12.9. The highest BCUT2D eigenvalue weighted by Gasteiger charge is 2.36. The van der Waals surface area contributed by atoms with Crippen molar-refractivity contribution in [2.24, 2.45) is 0 Å². The van der Waals surface area contributed by atoms with Crippen molar-refractivity contribution in [1.82, 2.24) is 0 Å². The molecule has 0 saturated carbocycles. The van der Waals surface area contributed by atoms with E-state index in [1.54, 1.807) is 0 Å². The number of ketones is 1. The third-order valence-electron chi connectivity index (χ3n) is 2.32. The summed E-state index contributed by atoms with van der Waals surface area (Å²) in [5.41, 5.74) is 1.05. The lowest BCUT2D eigenvalue weighted by atomic mass is 10.1. The molecule has 0 radical (unpaired) electrons. The van der Waals surface area contributed by atoms with Gasteiger partial charge in [0.2, 0.25) is 5.78 Å². The van der Waals surface area contributed by atoms with Gasteiger partial charge >= 0.3 is 6.18 Å². The number of aryl methyl sites for hydroxylation is 1. The van der Waals surface area contributed by atoms with Gasteiger partial charge in [-0.1, -0.05) is 28.1 Å². The predicted octanol–water partition coefficient (Wildman–Crippen LogP) is 4.29. The second kappa shape index (κ2) is 6.19. The molecule has 1 rings (SSSR count). The molecule has 17 heavy (non-hydrogen) atoms. The van der Waals surface area contributed by atoms with Crippen LogP contribution in [-0.2, 0) is 11.2 Å². The van der Waals surface area contributed by atoms with Gasteiger partial charge < -0.3 is 0 Å². The smallest absolute Gasteiger partial charge is 0.290 e. The third-order valence-corrected chi connectivity index (χ3v) is 2.82. The molecule has 0 saturated heterocycles. The van der Waals surface area contributed by atoms with E-state index < -0.39 is 18.4 Å². The van der Waals surface area contributed by atoms with Gasteiger partial charge in [0.15, 0.2) is 0 Å². The second-order valence-corrected chi connectivity index (χ2v) is 4.67. The van der Waals surface area contributed by atoms with Crippen molar-refractivity contribution in [2.45, 2.75) is 31.9 Å². The average molecular weight is 309 g/mol. The summed E-state index contributed by atoms with van der Waals surface area (Å²) < 4.78 is 36.6. The normalized spacial score (nSPS) is 11.5. The number of alkyl halides is 3. The van der Waals surface area contributed by atoms with Crippen LogP contribution in [0.1, 0.15) is 24.8 Å². The fourth-order valence-corrected chi connectivity index (χ4v) is 1.90. The number of carbonyl (C=O) groups excluding carboxylic acids is 1. The monoisotopic (exact) mass is 308 g/mol. The minimum Gasteiger partial charge on any atom is -0.290 e. The van der Waals surface area contributed by atoms with Crippen molar-refractivity contribution >= 4 is 21.7 Å². The Kier molecular flexibility index (Phi) is 5.18. The highest BCUT2D eigenvalue weighted by molar-refractivity contribution is 9.10. The number of Topliss-reactive ketones (excluding diaryl/α,β-unsaturated/α-hetero) is 1. The van der Waals surface area contributed by atoms with Crippen molar-refractivity contribution in [3.05, 3.63) is 34.3 Å². The molecule has 1 aromatic rings. The Bertz CT molecular complexity index is 388. The first-order valence-corrected chi connectivity index (χ1v) is 6.03. The van der Waals surface area contributed by atoms with Gasteiger partial charge in [-0.15, -0.1) is 0 Å². The van der Waals surface area contributed by atoms with Crippen LogP contribution in [0.15, 0.2) is 28.7 Å². The molecule has 0 N–H and O–H groups in total. The number of carbonyl (C=O) groups is 1. The van der Waals surface area contributed by atoms with Gasteiger partial charge in [0.05, 0.1) is 0 Å². The lowest BCUT2D eigenvalue weighted by Gasteiger charge is -2.05. The van der Waals surface area contributed by atoms with Crippen molar-refractivity contribution < 1.29 is 18.0 Å². The molecule has 0 aliphatic rings. The van der Waals surface area contributed by atoms with Crippen LogP contribution in [0.2, 0.25) is 0 Å². The van der Waals surface area contributed by atoms with Crippen molar-refractivity contribution in [3.8, 4) is 0 Å². The molecule has 1 aromatic carbocycles. The highest BCUT2D eigenvalue weighted by Crippen LogP contribution is 2.20. The lowest BCUT2D eigenvalue weighted by molar-refractivity contribution is -0.171. The number of hydrogen-bond acceptors (Lipinski definition) is 1. The zero-order valence-electron chi connectivity index (χ0n) is 9.06. The number of hydrogen-bond donors (Lipinski definition) is 0. The van der Waals surface area contributed by atoms with Gasteiger partial charge in [0, 0.05) is 10.9 Å². The van der Waals surface area contributed by atoms with Gasteiger partial charge in [-0.05, 0) is 37.0 Å². The molecule has 1 nitrogen and oxygen atoms in total. The second-order valence-electron chi connectivity index (χ2n) is 3.76. The highest BCUT2D eigenvalue weighted by atomic mass is 79.9. The molecule has 0 amide bonds. The summed E-state index contributed by atoms with van der Waals surface area (Å²) in [5, 5.41) is 0. The maximum Gasteiger partial charge on any atom is 0.449 e. The van der Waals surface area contributed by atoms with Gasteiger partial charge in [-0.2, -0.15) is 13.2 Å².